The SMILES string of the molecule is COc1cc2c(cc1Nc1ncc(Br)c(Nc3ccccc3NSC)n1)-c1cnn(C)c1CCN2C(C)C. The van der Waals surface area contributed by atoms with Gasteiger partial charge in [-0.3, -0.25) is 4.68 Å². The van der Waals surface area contributed by atoms with Gasteiger partial charge in [0.2, 0.25) is 5.95 Å². The molecule has 4 aromatic rings. The first kappa shape index (κ1) is 26.2. The van der Waals surface area contributed by atoms with E-state index in [1.165, 1.54) is 17.6 Å². The molecule has 1 aliphatic rings. The van der Waals surface area contributed by atoms with Gasteiger partial charge >= 0.3 is 0 Å². The second-order valence-electron chi connectivity index (χ2n) is 9.23. The minimum atomic E-state index is 0.339. The lowest BCUT2D eigenvalue weighted by Crippen LogP contribution is -2.32. The first-order valence-electron chi connectivity index (χ1n) is 12.3. The molecule has 0 bridgehead atoms. The molecule has 9 nitrogen and oxygen atoms in total. The van der Waals surface area contributed by atoms with E-state index in [9.17, 15) is 0 Å². The molecule has 0 saturated heterocycles. The number of methoxy groups -OCH3 is 1. The summed E-state index contributed by atoms with van der Waals surface area (Å²) in [6.45, 7) is 5.34. The van der Waals surface area contributed by atoms with Crippen molar-refractivity contribution in [3.8, 4) is 16.9 Å². The van der Waals surface area contributed by atoms with Gasteiger partial charge in [-0.05, 0) is 48.0 Å². The van der Waals surface area contributed by atoms with E-state index in [-0.39, 0.29) is 0 Å². The number of hydrogen-bond donors (Lipinski definition) is 3. The number of nitrogens with zero attached hydrogens (tertiary/aromatic N) is 5. The number of aryl methyl sites for hydroxylation is 1. The van der Waals surface area contributed by atoms with Crippen molar-refractivity contribution in [3.63, 3.8) is 0 Å². The first-order chi connectivity index (χ1) is 18.4. The van der Waals surface area contributed by atoms with E-state index in [1.54, 1.807) is 13.3 Å². The lowest BCUT2D eigenvalue weighted by Gasteiger charge is -2.30. The molecule has 38 heavy (non-hydrogen) atoms. The zero-order valence-corrected chi connectivity index (χ0v) is 24.4. The number of aromatic nitrogens is 4. The number of rotatable bonds is 8. The van der Waals surface area contributed by atoms with Gasteiger partial charge in [0.25, 0.3) is 0 Å². The molecular weight excluding hydrogens is 564 g/mol. The van der Waals surface area contributed by atoms with Crippen LogP contribution >= 0.6 is 27.9 Å². The summed E-state index contributed by atoms with van der Waals surface area (Å²) in [4.78, 5) is 11.7. The van der Waals surface area contributed by atoms with E-state index in [0.717, 1.165) is 57.1 Å². The zero-order chi connectivity index (χ0) is 26.8. The fourth-order valence-corrected chi connectivity index (χ4v) is 5.40. The molecule has 0 atom stereocenters. The number of ether oxygens (including phenoxy) is 1. The molecule has 5 rings (SSSR count). The van der Waals surface area contributed by atoms with Crippen molar-refractivity contribution in [3.05, 3.63) is 59.0 Å². The summed E-state index contributed by atoms with van der Waals surface area (Å²) >= 11 is 5.12. The van der Waals surface area contributed by atoms with E-state index >= 15 is 0 Å². The van der Waals surface area contributed by atoms with Crippen LogP contribution in [0.1, 0.15) is 19.5 Å². The molecule has 0 radical (unpaired) electrons. The third kappa shape index (κ3) is 5.12. The molecule has 198 valence electrons. The Bertz CT molecular complexity index is 1460. The summed E-state index contributed by atoms with van der Waals surface area (Å²) in [5.41, 5.74) is 7.25. The number of halogens is 1. The molecule has 2 aromatic heterocycles. The van der Waals surface area contributed by atoms with Gasteiger partial charge in [-0.2, -0.15) is 10.1 Å². The quantitative estimate of drug-likeness (QED) is 0.195. The number of para-hydroxylation sites is 2. The minimum absolute atomic E-state index is 0.339. The molecule has 0 fully saturated rings. The van der Waals surface area contributed by atoms with Gasteiger partial charge in [-0.15, -0.1) is 0 Å². The summed E-state index contributed by atoms with van der Waals surface area (Å²) in [6.07, 6.45) is 6.59. The number of fused-ring (bicyclic) bond motifs is 3. The van der Waals surface area contributed by atoms with Crippen LogP contribution in [0.4, 0.5) is 34.5 Å². The van der Waals surface area contributed by atoms with Crippen molar-refractivity contribution in [2.24, 2.45) is 7.05 Å². The van der Waals surface area contributed by atoms with Crippen molar-refractivity contribution in [1.29, 1.82) is 0 Å². The number of hydrogen-bond acceptors (Lipinski definition) is 9. The molecule has 3 N–H and O–H groups in total. The van der Waals surface area contributed by atoms with Crippen molar-refractivity contribution in [1.82, 2.24) is 19.7 Å². The predicted octanol–water partition coefficient (Wildman–Crippen LogP) is 6.60. The van der Waals surface area contributed by atoms with E-state index < -0.39 is 0 Å². The van der Waals surface area contributed by atoms with Crippen LogP contribution in [0.25, 0.3) is 11.1 Å². The topological polar surface area (TPSA) is 92.2 Å². The third-order valence-electron chi connectivity index (χ3n) is 6.57. The van der Waals surface area contributed by atoms with E-state index in [1.807, 2.05) is 48.4 Å². The smallest absolute Gasteiger partial charge is 0.229 e. The highest BCUT2D eigenvalue weighted by Gasteiger charge is 2.26. The maximum atomic E-state index is 5.84. The lowest BCUT2D eigenvalue weighted by molar-refractivity contribution is 0.416. The highest BCUT2D eigenvalue weighted by molar-refractivity contribution is 9.10. The van der Waals surface area contributed by atoms with Crippen LogP contribution in [0, 0.1) is 0 Å². The Labute approximate surface area is 235 Å². The highest BCUT2D eigenvalue weighted by atomic mass is 79.9. The van der Waals surface area contributed by atoms with Crippen LogP contribution in [-0.4, -0.2) is 45.7 Å². The maximum absolute atomic E-state index is 5.84. The Kier molecular flexibility index (Phi) is 7.66. The monoisotopic (exact) mass is 594 g/mol. The lowest BCUT2D eigenvalue weighted by atomic mass is 10.0. The number of benzene rings is 2. The molecule has 11 heteroatoms. The van der Waals surface area contributed by atoms with E-state index in [0.29, 0.717) is 17.8 Å². The fraction of sp³-hybridized carbons (Fsp3) is 0.296. The Hall–Kier alpha value is -3.44. The van der Waals surface area contributed by atoms with Crippen LogP contribution in [0.15, 0.2) is 53.3 Å². The van der Waals surface area contributed by atoms with Gasteiger partial charge in [-0.25, -0.2) is 4.98 Å². The Morgan fingerprint density at radius 3 is 2.58 bits per heavy atom. The average molecular weight is 596 g/mol. The van der Waals surface area contributed by atoms with Crippen molar-refractivity contribution < 1.29 is 4.74 Å². The van der Waals surface area contributed by atoms with Crippen molar-refractivity contribution >= 4 is 62.4 Å². The van der Waals surface area contributed by atoms with Crippen LogP contribution in [0.2, 0.25) is 0 Å². The van der Waals surface area contributed by atoms with Crippen LogP contribution in [-0.2, 0) is 13.5 Å². The standard InChI is InChI=1S/C27H31BrN8OS/c1-16(2)36-11-10-23-18(14-30-35(23)3)17-12-22(25(37-4)13-24(17)36)32-27-29-15-19(28)26(33-27)31-20-8-6-7-9-21(20)34-38-5/h6-9,12-16,34H,10-11H2,1-5H3,(H2,29,31,32,33). The second kappa shape index (κ2) is 11.1. The van der Waals surface area contributed by atoms with Gasteiger partial charge in [0.15, 0.2) is 0 Å². The molecule has 2 aromatic carbocycles. The van der Waals surface area contributed by atoms with Crippen LogP contribution in [0.5, 0.6) is 5.75 Å². The molecule has 1 aliphatic heterocycles. The summed E-state index contributed by atoms with van der Waals surface area (Å²) in [5, 5.41) is 11.4. The van der Waals surface area contributed by atoms with E-state index in [2.05, 4.69) is 72.2 Å². The number of nitrogens with one attached hydrogen (secondary N) is 3. The minimum Gasteiger partial charge on any atom is -0.494 e. The second-order valence-corrected chi connectivity index (χ2v) is 10.7. The summed E-state index contributed by atoms with van der Waals surface area (Å²) in [6, 6.07) is 12.5. The summed E-state index contributed by atoms with van der Waals surface area (Å²) in [5.74, 6) is 1.81. The van der Waals surface area contributed by atoms with Crippen molar-refractivity contribution in [2.45, 2.75) is 26.3 Å². The Morgan fingerprint density at radius 2 is 1.84 bits per heavy atom. The van der Waals surface area contributed by atoms with Gasteiger partial charge in [0.1, 0.15) is 11.6 Å². The summed E-state index contributed by atoms with van der Waals surface area (Å²) in [7, 11) is 3.69. The third-order valence-corrected chi connectivity index (χ3v) is 7.58. The fourth-order valence-electron chi connectivity index (χ4n) is 4.71. The van der Waals surface area contributed by atoms with Crippen LogP contribution < -0.4 is 25.0 Å². The number of anilines is 6. The average Bonchev–Trinajstić information content (AvgIpc) is 3.18. The molecule has 0 unspecified atom stereocenters. The predicted molar refractivity (Wildman–Crippen MR) is 161 cm³/mol. The summed E-state index contributed by atoms with van der Waals surface area (Å²) < 4.78 is 11.9. The zero-order valence-electron chi connectivity index (χ0n) is 22.0. The van der Waals surface area contributed by atoms with Gasteiger partial charge in [-0.1, -0.05) is 24.1 Å². The van der Waals surface area contributed by atoms with Gasteiger partial charge in [0.05, 0.1) is 34.8 Å². The highest BCUT2D eigenvalue weighted by Crippen LogP contribution is 2.43. The first-order valence-corrected chi connectivity index (χ1v) is 14.4. The molecular formula is C27H31BrN8OS. The molecule has 3 heterocycles. The van der Waals surface area contributed by atoms with Gasteiger partial charge in [0, 0.05) is 67.1 Å². The molecule has 0 saturated carbocycles. The Morgan fingerprint density at radius 1 is 1.05 bits per heavy atom. The van der Waals surface area contributed by atoms with Gasteiger partial charge < -0.3 is 25.0 Å². The maximum Gasteiger partial charge on any atom is 0.229 e. The van der Waals surface area contributed by atoms with E-state index in [4.69, 9.17) is 9.72 Å². The van der Waals surface area contributed by atoms with Crippen molar-refractivity contribution in [2.75, 3.05) is 40.2 Å². The Balaban J connectivity index is 1.53. The normalized spacial score (nSPS) is 12.6. The van der Waals surface area contributed by atoms with Crippen LogP contribution in [0.3, 0.4) is 0 Å². The molecule has 0 amide bonds. The largest absolute Gasteiger partial charge is 0.494 e. The molecule has 0 spiro atoms. The molecule has 0 aliphatic carbocycles.